The third-order valence-corrected chi connectivity index (χ3v) is 3.73. The van der Waals surface area contributed by atoms with E-state index in [1.807, 2.05) is 30.3 Å². The summed E-state index contributed by atoms with van der Waals surface area (Å²) in [5.41, 5.74) is 1.19. The second-order valence-electron chi connectivity index (χ2n) is 5.00. The third-order valence-electron chi connectivity index (χ3n) is 3.44. The molecular weight excluding hydrogens is 331 g/mol. The topological polar surface area (TPSA) is 55.0 Å². The summed E-state index contributed by atoms with van der Waals surface area (Å²) in [4.78, 5) is 19.6. The second-order valence-corrected chi connectivity index (χ2v) is 5.40. The largest absolute Gasteiger partial charge is 0.461 e. The maximum absolute atomic E-state index is 14.4. The molecule has 0 aliphatic carbocycles. The van der Waals surface area contributed by atoms with Crippen molar-refractivity contribution < 1.29 is 13.9 Å². The first-order valence-electron chi connectivity index (χ1n) is 7.38. The van der Waals surface area contributed by atoms with Crippen LogP contribution in [0.3, 0.4) is 0 Å². The van der Waals surface area contributed by atoms with Crippen LogP contribution in [0.15, 0.2) is 48.5 Å². The molecule has 0 saturated carbocycles. The first kappa shape index (κ1) is 16.2. The number of hydrogen-bond donors (Lipinski definition) is 1. The van der Waals surface area contributed by atoms with Gasteiger partial charge in [-0.15, -0.1) is 0 Å². The molecule has 0 fully saturated rings. The number of benzene rings is 2. The lowest BCUT2D eigenvalue weighted by Gasteiger charge is -2.04. The number of rotatable bonds is 4. The van der Waals surface area contributed by atoms with Gasteiger partial charge in [0.05, 0.1) is 11.6 Å². The van der Waals surface area contributed by atoms with Crippen LogP contribution >= 0.6 is 11.6 Å². The van der Waals surface area contributed by atoms with Crippen LogP contribution in [0.5, 0.6) is 0 Å². The molecule has 3 aromatic rings. The molecule has 4 nitrogen and oxygen atoms in total. The molecule has 0 aliphatic rings. The molecule has 0 saturated heterocycles. The number of aromatic amines is 1. The monoisotopic (exact) mass is 344 g/mol. The SMILES string of the molecule is CCOC(=O)c1[nH]c(-c2ccccc2)nc1-c1cccc(Cl)c1F. The zero-order chi connectivity index (χ0) is 17.1. The van der Waals surface area contributed by atoms with Crippen LogP contribution in [0.2, 0.25) is 5.02 Å². The highest BCUT2D eigenvalue weighted by Crippen LogP contribution is 2.31. The van der Waals surface area contributed by atoms with Gasteiger partial charge in [-0.1, -0.05) is 48.0 Å². The fourth-order valence-electron chi connectivity index (χ4n) is 2.34. The lowest BCUT2D eigenvalue weighted by Crippen LogP contribution is -2.07. The van der Waals surface area contributed by atoms with Gasteiger partial charge in [-0.05, 0) is 19.1 Å². The van der Waals surface area contributed by atoms with Crippen LogP contribution in [-0.4, -0.2) is 22.5 Å². The minimum atomic E-state index is -0.629. The predicted octanol–water partition coefficient (Wildman–Crippen LogP) is 4.71. The Kier molecular flexibility index (Phi) is 4.62. The van der Waals surface area contributed by atoms with Gasteiger partial charge in [0.2, 0.25) is 0 Å². The number of nitrogens with one attached hydrogen (secondary N) is 1. The van der Waals surface area contributed by atoms with Crippen molar-refractivity contribution >= 4 is 17.6 Å². The van der Waals surface area contributed by atoms with Gasteiger partial charge in [0.25, 0.3) is 0 Å². The highest BCUT2D eigenvalue weighted by molar-refractivity contribution is 6.31. The van der Waals surface area contributed by atoms with Crippen LogP contribution in [0.25, 0.3) is 22.6 Å². The van der Waals surface area contributed by atoms with E-state index in [9.17, 15) is 9.18 Å². The molecule has 0 atom stereocenters. The average Bonchev–Trinajstić information content (AvgIpc) is 3.03. The third kappa shape index (κ3) is 3.03. The summed E-state index contributed by atoms with van der Waals surface area (Å²) < 4.78 is 19.4. The molecule has 3 rings (SSSR count). The molecule has 1 aromatic heterocycles. The Hall–Kier alpha value is -2.66. The van der Waals surface area contributed by atoms with Gasteiger partial charge in [0.15, 0.2) is 11.5 Å². The quantitative estimate of drug-likeness (QED) is 0.697. The number of halogens is 2. The molecule has 24 heavy (non-hydrogen) atoms. The lowest BCUT2D eigenvalue weighted by molar-refractivity contribution is 0.0521. The van der Waals surface area contributed by atoms with E-state index in [-0.39, 0.29) is 28.6 Å². The van der Waals surface area contributed by atoms with Crippen molar-refractivity contribution in [2.75, 3.05) is 6.61 Å². The lowest BCUT2D eigenvalue weighted by atomic mass is 10.1. The number of aromatic nitrogens is 2. The number of carbonyl (C=O) groups excluding carboxylic acids is 1. The van der Waals surface area contributed by atoms with E-state index in [0.29, 0.717) is 5.82 Å². The van der Waals surface area contributed by atoms with Crippen molar-refractivity contribution in [2.45, 2.75) is 6.92 Å². The zero-order valence-corrected chi connectivity index (χ0v) is 13.6. The predicted molar refractivity (Wildman–Crippen MR) is 90.4 cm³/mol. The van der Waals surface area contributed by atoms with E-state index in [2.05, 4.69) is 9.97 Å². The Morgan fingerprint density at radius 2 is 1.96 bits per heavy atom. The van der Waals surface area contributed by atoms with E-state index < -0.39 is 11.8 Å². The van der Waals surface area contributed by atoms with Crippen LogP contribution in [0.4, 0.5) is 4.39 Å². The van der Waals surface area contributed by atoms with Crippen LogP contribution in [0.1, 0.15) is 17.4 Å². The van der Waals surface area contributed by atoms with Gasteiger partial charge in [0, 0.05) is 11.1 Å². The zero-order valence-electron chi connectivity index (χ0n) is 12.8. The molecule has 6 heteroatoms. The van der Waals surface area contributed by atoms with Crippen molar-refractivity contribution in [1.82, 2.24) is 9.97 Å². The van der Waals surface area contributed by atoms with Gasteiger partial charge in [-0.3, -0.25) is 0 Å². The minimum Gasteiger partial charge on any atom is -0.461 e. The Balaban J connectivity index is 2.18. The Bertz CT molecular complexity index is 878. The van der Waals surface area contributed by atoms with Crippen LogP contribution < -0.4 is 0 Å². The second kappa shape index (κ2) is 6.84. The number of H-pyrrole nitrogens is 1. The van der Waals surface area contributed by atoms with Crippen LogP contribution in [-0.2, 0) is 4.74 Å². The molecule has 0 radical (unpaired) electrons. The van der Waals surface area contributed by atoms with E-state index >= 15 is 0 Å². The molecule has 2 aromatic carbocycles. The maximum atomic E-state index is 14.4. The molecule has 122 valence electrons. The molecule has 0 amide bonds. The fourth-order valence-corrected chi connectivity index (χ4v) is 2.51. The van der Waals surface area contributed by atoms with Gasteiger partial charge in [0.1, 0.15) is 11.5 Å². The summed E-state index contributed by atoms with van der Waals surface area (Å²) in [6, 6.07) is 13.8. The van der Waals surface area contributed by atoms with E-state index in [0.717, 1.165) is 5.56 Å². The summed E-state index contributed by atoms with van der Waals surface area (Å²) in [5.74, 6) is -0.773. The standard InChI is InChI=1S/C18H14ClFN2O2/c1-2-24-18(23)16-15(12-9-6-10-13(19)14(12)20)21-17(22-16)11-7-4-3-5-8-11/h3-10H,2H2,1H3,(H,21,22). The number of imidazole rings is 1. The maximum Gasteiger partial charge on any atom is 0.357 e. The number of esters is 1. The Labute approximate surface area is 143 Å². The van der Waals surface area contributed by atoms with Crippen molar-refractivity contribution in [1.29, 1.82) is 0 Å². The highest BCUT2D eigenvalue weighted by Gasteiger charge is 2.23. The van der Waals surface area contributed by atoms with Crippen molar-refractivity contribution in [2.24, 2.45) is 0 Å². The summed E-state index contributed by atoms with van der Waals surface area (Å²) in [6.45, 7) is 1.90. The highest BCUT2D eigenvalue weighted by atomic mass is 35.5. The summed E-state index contributed by atoms with van der Waals surface area (Å²) in [7, 11) is 0. The summed E-state index contributed by atoms with van der Waals surface area (Å²) >= 11 is 5.85. The number of nitrogens with zero attached hydrogens (tertiary/aromatic N) is 1. The minimum absolute atomic E-state index is 0.0356. The van der Waals surface area contributed by atoms with Gasteiger partial charge in [-0.25, -0.2) is 14.2 Å². The van der Waals surface area contributed by atoms with E-state index in [1.165, 1.54) is 12.1 Å². The van der Waals surface area contributed by atoms with E-state index in [4.69, 9.17) is 16.3 Å². The molecule has 0 aliphatic heterocycles. The molecular formula is C18H14ClFN2O2. The van der Waals surface area contributed by atoms with Crippen LogP contribution in [0, 0.1) is 5.82 Å². The molecule has 1 N–H and O–H groups in total. The fraction of sp³-hybridized carbons (Fsp3) is 0.111. The van der Waals surface area contributed by atoms with Gasteiger partial charge < -0.3 is 9.72 Å². The molecule has 0 spiro atoms. The van der Waals surface area contributed by atoms with Gasteiger partial charge >= 0.3 is 5.97 Å². The average molecular weight is 345 g/mol. The van der Waals surface area contributed by atoms with E-state index in [1.54, 1.807) is 13.0 Å². The van der Waals surface area contributed by atoms with Crippen molar-refractivity contribution in [3.05, 3.63) is 65.1 Å². The summed E-state index contributed by atoms with van der Waals surface area (Å²) in [5, 5.41) is -0.0356. The van der Waals surface area contributed by atoms with Crippen molar-refractivity contribution in [3.8, 4) is 22.6 Å². The van der Waals surface area contributed by atoms with Crippen molar-refractivity contribution in [3.63, 3.8) is 0 Å². The molecule has 1 heterocycles. The molecule has 0 unspecified atom stereocenters. The normalized spacial score (nSPS) is 10.6. The first-order chi connectivity index (χ1) is 11.6. The molecule has 0 bridgehead atoms. The number of carbonyl (C=O) groups is 1. The Morgan fingerprint density at radius 1 is 1.21 bits per heavy atom. The smallest absolute Gasteiger partial charge is 0.357 e. The first-order valence-corrected chi connectivity index (χ1v) is 7.76. The number of hydrogen-bond acceptors (Lipinski definition) is 3. The number of ether oxygens (including phenoxy) is 1. The Morgan fingerprint density at radius 3 is 2.67 bits per heavy atom. The summed E-state index contributed by atoms with van der Waals surface area (Å²) in [6.07, 6.45) is 0. The van der Waals surface area contributed by atoms with Gasteiger partial charge in [-0.2, -0.15) is 0 Å².